The van der Waals surface area contributed by atoms with E-state index in [9.17, 15) is 14.4 Å². The first-order valence-electron chi connectivity index (χ1n) is 11.4. The van der Waals surface area contributed by atoms with Crippen LogP contribution in [0, 0.1) is 0 Å². The number of hydrogen-bond donors (Lipinski definition) is 2. The smallest absolute Gasteiger partial charge is 0.283 e. The van der Waals surface area contributed by atoms with Crippen LogP contribution in [0.3, 0.4) is 0 Å². The van der Waals surface area contributed by atoms with Crippen molar-refractivity contribution in [3.05, 3.63) is 124 Å². The SMILES string of the molecule is O=C(Nc1ccc(Cl)cc1)c1ccc(NC2=C(Cl)C(=O)N(c3ccc(Oc4ccccc4)cc3)C2=O)cc1. The molecule has 0 aliphatic carbocycles. The van der Waals surface area contributed by atoms with Crippen LogP contribution in [0.2, 0.25) is 5.02 Å². The molecular formula is C29H19Cl2N3O4. The maximum absolute atomic E-state index is 13.1. The Morgan fingerprint density at radius 2 is 1.29 bits per heavy atom. The zero-order valence-corrected chi connectivity index (χ0v) is 21.2. The third-order valence-electron chi connectivity index (χ3n) is 5.62. The molecule has 3 amide bonds. The van der Waals surface area contributed by atoms with Gasteiger partial charge in [-0.2, -0.15) is 0 Å². The van der Waals surface area contributed by atoms with Gasteiger partial charge < -0.3 is 15.4 Å². The van der Waals surface area contributed by atoms with Gasteiger partial charge in [-0.1, -0.05) is 41.4 Å². The van der Waals surface area contributed by atoms with Crippen molar-refractivity contribution < 1.29 is 19.1 Å². The Morgan fingerprint density at radius 3 is 1.95 bits per heavy atom. The van der Waals surface area contributed by atoms with Crippen molar-refractivity contribution in [2.45, 2.75) is 0 Å². The van der Waals surface area contributed by atoms with Gasteiger partial charge in [-0.15, -0.1) is 0 Å². The van der Waals surface area contributed by atoms with Crippen LogP contribution >= 0.6 is 23.2 Å². The number of carbonyl (C=O) groups is 3. The number of ether oxygens (including phenoxy) is 1. The largest absolute Gasteiger partial charge is 0.457 e. The van der Waals surface area contributed by atoms with E-state index in [2.05, 4.69) is 10.6 Å². The number of para-hydroxylation sites is 1. The van der Waals surface area contributed by atoms with Gasteiger partial charge in [-0.25, -0.2) is 4.90 Å². The van der Waals surface area contributed by atoms with Gasteiger partial charge in [-0.3, -0.25) is 14.4 Å². The maximum Gasteiger partial charge on any atom is 0.283 e. The van der Waals surface area contributed by atoms with Crippen LogP contribution in [0.15, 0.2) is 114 Å². The standard InChI is InChI=1S/C29H19Cl2N3O4/c30-19-8-12-21(13-9-19)33-27(35)18-6-10-20(11-7-18)32-26-25(31)28(36)34(29(26)37)22-14-16-24(17-15-22)38-23-4-2-1-3-5-23/h1-17,32H,(H,33,35). The first-order chi connectivity index (χ1) is 18.4. The van der Waals surface area contributed by atoms with Crippen LogP contribution in [0.5, 0.6) is 11.5 Å². The molecule has 4 aromatic carbocycles. The van der Waals surface area contributed by atoms with Crippen molar-refractivity contribution in [2.24, 2.45) is 0 Å². The molecule has 0 spiro atoms. The van der Waals surface area contributed by atoms with Crippen LogP contribution in [-0.2, 0) is 9.59 Å². The predicted octanol–water partition coefficient (Wildman–Crippen LogP) is 6.82. The Balaban J connectivity index is 1.25. The first kappa shape index (κ1) is 25.1. The van der Waals surface area contributed by atoms with Crippen molar-refractivity contribution in [2.75, 3.05) is 15.5 Å². The highest BCUT2D eigenvalue weighted by Crippen LogP contribution is 2.32. The number of benzene rings is 4. The highest BCUT2D eigenvalue weighted by molar-refractivity contribution is 6.53. The van der Waals surface area contributed by atoms with Gasteiger partial charge >= 0.3 is 0 Å². The number of nitrogens with one attached hydrogen (secondary N) is 2. The van der Waals surface area contributed by atoms with Gasteiger partial charge in [0.1, 0.15) is 22.2 Å². The third-order valence-corrected chi connectivity index (χ3v) is 6.22. The average molecular weight is 544 g/mol. The molecule has 0 radical (unpaired) electrons. The Hall–Kier alpha value is -4.59. The highest BCUT2D eigenvalue weighted by Gasteiger charge is 2.39. The van der Waals surface area contributed by atoms with E-state index in [1.54, 1.807) is 72.8 Å². The second-order valence-electron chi connectivity index (χ2n) is 8.21. The number of rotatable bonds is 7. The molecule has 9 heteroatoms. The summed E-state index contributed by atoms with van der Waals surface area (Å²) in [5.74, 6) is -0.333. The first-order valence-corrected chi connectivity index (χ1v) is 12.2. The minimum atomic E-state index is -0.644. The van der Waals surface area contributed by atoms with E-state index < -0.39 is 11.8 Å². The lowest BCUT2D eigenvalue weighted by molar-refractivity contribution is -0.120. The predicted molar refractivity (Wildman–Crippen MR) is 148 cm³/mol. The fraction of sp³-hybridized carbons (Fsp3) is 0. The van der Waals surface area contributed by atoms with Crippen LogP contribution < -0.4 is 20.3 Å². The van der Waals surface area contributed by atoms with E-state index in [0.717, 1.165) is 4.90 Å². The Bertz CT molecular complexity index is 1540. The van der Waals surface area contributed by atoms with Crippen LogP contribution in [0.25, 0.3) is 0 Å². The maximum atomic E-state index is 13.1. The lowest BCUT2D eigenvalue weighted by Gasteiger charge is -2.16. The summed E-state index contributed by atoms with van der Waals surface area (Å²) in [6.45, 7) is 0. The summed E-state index contributed by atoms with van der Waals surface area (Å²) in [6, 6.07) is 28.9. The molecule has 7 nitrogen and oxygen atoms in total. The van der Waals surface area contributed by atoms with Crippen molar-refractivity contribution in [1.29, 1.82) is 0 Å². The fourth-order valence-electron chi connectivity index (χ4n) is 3.72. The molecule has 2 N–H and O–H groups in total. The normalized spacial score (nSPS) is 13.1. The van der Waals surface area contributed by atoms with E-state index in [0.29, 0.717) is 39.1 Å². The van der Waals surface area contributed by atoms with E-state index >= 15 is 0 Å². The van der Waals surface area contributed by atoms with Crippen LogP contribution in [0.4, 0.5) is 17.1 Å². The molecule has 188 valence electrons. The van der Waals surface area contributed by atoms with Crippen molar-refractivity contribution in [3.8, 4) is 11.5 Å². The molecule has 5 rings (SSSR count). The van der Waals surface area contributed by atoms with E-state index in [4.69, 9.17) is 27.9 Å². The monoisotopic (exact) mass is 543 g/mol. The van der Waals surface area contributed by atoms with Gasteiger partial charge in [0.05, 0.1) is 5.69 Å². The molecule has 1 aliphatic heterocycles. The molecule has 1 aliphatic rings. The molecule has 0 saturated carbocycles. The lowest BCUT2D eigenvalue weighted by atomic mass is 10.2. The third kappa shape index (κ3) is 5.39. The number of anilines is 3. The van der Waals surface area contributed by atoms with Gasteiger partial charge in [-0.05, 0) is 84.9 Å². The van der Waals surface area contributed by atoms with Gasteiger partial charge in [0.15, 0.2) is 0 Å². The van der Waals surface area contributed by atoms with Crippen molar-refractivity contribution in [1.82, 2.24) is 0 Å². The van der Waals surface area contributed by atoms with Gasteiger partial charge in [0, 0.05) is 22.0 Å². The Kier molecular flexibility index (Phi) is 7.13. The Morgan fingerprint density at radius 1 is 0.684 bits per heavy atom. The molecule has 38 heavy (non-hydrogen) atoms. The number of amides is 3. The van der Waals surface area contributed by atoms with Crippen LogP contribution in [-0.4, -0.2) is 17.7 Å². The summed E-state index contributed by atoms with van der Waals surface area (Å²) in [5.41, 5.74) is 1.78. The zero-order valence-electron chi connectivity index (χ0n) is 19.7. The van der Waals surface area contributed by atoms with Gasteiger partial charge in [0.25, 0.3) is 17.7 Å². The molecule has 1 heterocycles. The minimum Gasteiger partial charge on any atom is -0.457 e. The summed E-state index contributed by atoms with van der Waals surface area (Å²) in [5, 5.41) is 6.01. The molecule has 0 saturated heterocycles. The van der Waals surface area contributed by atoms with E-state index in [1.165, 1.54) is 0 Å². The summed E-state index contributed by atoms with van der Waals surface area (Å²) in [6.07, 6.45) is 0. The molecule has 0 fully saturated rings. The number of hydrogen-bond acceptors (Lipinski definition) is 5. The lowest BCUT2D eigenvalue weighted by Crippen LogP contribution is -2.32. The highest BCUT2D eigenvalue weighted by atomic mass is 35.5. The number of halogens is 2. The van der Waals surface area contributed by atoms with Crippen molar-refractivity contribution in [3.63, 3.8) is 0 Å². The molecule has 0 aromatic heterocycles. The summed E-state index contributed by atoms with van der Waals surface area (Å²) in [4.78, 5) is 39.4. The number of nitrogens with zero attached hydrogens (tertiary/aromatic N) is 1. The quantitative estimate of drug-likeness (QED) is 0.249. The van der Waals surface area contributed by atoms with Gasteiger partial charge in [0.2, 0.25) is 0 Å². The number of carbonyl (C=O) groups excluding carboxylic acids is 3. The van der Waals surface area contributed by atoms with Crippen LogP contribution in [0.1, 0.15) is 10.4 Å². The van der Waals surface area contributed by atoms with Crippen molar-refractivity contribution >= 4 is 58.0 Å². The van der Waals surface area contributed by atoms with E-state index in [1.807, 2.05) is 30.3 Å². The Labute approximate surface area is 228 Å². The second kappa shape index (κ2) is 10.8. The topological polar surface area (TPSA) is 87.7 Å². The summed E-state index contributed by atoms with van der Waals surface area (Å²) >= 11 is 12.1. The molecular weight excluding hydrogens is 525 g/mol. The molecule has 0 atom stereocenters. The summed E-state index contributed by atoms with van der Waals surface area (Å²) < 4.78 is 5.76. The molecule has 0 unspecified atom stereocenters. The second-order valence-corrected chi connectivity index (χ2v) is 9.02. The summed E-state index contributed by atoms with van der Waals surface area (Å²) in [7, 11) is 0. The number of imide groups is 1. The molecule has 4 aromatic rings. The minimum absolute atomic E-state index is 0.0559. The van der Waals surface area contributed by atoms with E-state index in [-0.39, 0.29) is 16.6 Å². The molecule has 0 bridgehead atoms. The zero-order chi connectivity index (χ0) is 26.6. The fourth-order valence-corrected chi connectivity index (χ4v) is 4.06. The average Bonchev–Trinajstić information content (AvgIpc) is 3.14.